The van der Waals surface area contributed by atoms with Crippen LogP contribution in [0.2, 0.25) is 0 Å². The van der Waals surface area contributed by atoms with Gasteiger partial charge in [0.1, 0.15) is 15.6 Å². The van der Waals surface area contributed by atoms with Crippen molar-refractivity contribution in [2.24, 2.45) is 0 Å². The second-order valence-corrected chi connectivity index (χ2v) is 5.77. The normalized spacial score (nSPS) is 19.1. The molecule has 0 unspecified atom stereocenters. The summed E-state index contributed by atoms with van der Waals surface area (Å²) in [7, 11) is -2.86. The van der Waals surface area contributed by atoms with E-state index in [1.807, 2.05) is 4.90 Å². The molecule has 14 heavy (non-hydrogen) atoms. The van der Waals surface area contributed by atoms with Gasteiger partial charge < -0.3 is 4.90 Å². The number of hydrogen-bond donors (Lipinski definition) is 0. The van der Waals surface area contributed by atoms with E-state index in [9.17, 15) is 13.2 Å². The molecule has 1 saturated heterocycles. The fraction of sp³-hybridized carbons (Fsp3) is 0.889. The number of nitrogens with zero attached hydrogens (tertiary/aromatic N) is 1. The van der Waals surface area contributed by atoms with Gasteiger partial charge >= 0.3 is 0 Å². The van der Waals surface area contributed by atoms with Crippen LogP contribution in [0.15, 0.2) is 0 Å². The van der Waals surface area contributed by atoms with E-state index in [0.717, 1.165) is 0 Å². The SMILES string of the molecule is C.CS(=O)(=O)CCN1CCC(=O)CC1. The Labute approximate surface area is 86.2 Å². The molecule has 0 spiro atoms. The van der Waals surface area contributed by atoms with E-state index in [1.165, 1.54) is 6.26 Å². The number of carbonyl (C=O) groups excluding carboxylic acids is 1. The number of Topliss-reactive ketones (excluding diaryl/α,β-unsaturated/α-hetero) is 1. The Morgan fingerprint density at radius 1 is 1.29 bits per heavy atom. The molecule has 0 aromatic heterocycles. The molecule has 1 fully saturated rings. The molecule has 84 valence electrons. The summed E-state index contributed by atoms with van der Waals surface area (Å²) in [6.45, 7) is 1.99. The predicted molar refractivity (Wildman–Crippen MR) is 57.1 cm³/mol. The lowest BCUT2D eigenvalue weighted by molar-refractivity contribution is -0.121. The van der Waals surface area contributed by atoms with Crippen LogP contribution in [-0.2, 0) is 14.6 Å². The lowest BCUT2D eigenvalue weighted by Gasteiger charge is -2.25. The molecule has 1 rings (SSSR count). The Balaban J connectivity index is 0.00000169. The van der Waals surface area contributed by atoms with Crippen molar-refractivity contribution < 1.29 is 13.2 Å². The zero-order valence-corrected chi connectivity index (χ0v) is 8.64. The fourth-order valence-electron chi connectivity index (χ4n) is 1.32. The molecule has 1 heterocycles. The largest absolute Gasteiger partial charge is 0.301 e. The first-order chi connectivity index (χ1) is 5.97. The zero-order valence-electron chi connectivity index (χ0n) is 7.82. The number of rotatable bonds is 3. The summed E-state index contributed by atoms with van der Waals surface area (Å²) in [6.07, 6.45) is 2.38. The standard InChI is InChI=1S/C8H15NO3S.CH4/c1-13(11,12)7-6-9-4-2-8(10)3-5-9;/h2-7H2,1H3;1H4. The molecule has 0 radical (unpaired) electrons. The molecule has 1 aliphatic heterocycles. The predicted octanol–water partition coefficient (Wildman–Crippen LogP) is 0.332. The average Bonchev–Trinajstić information content (AvgIpc) is 2.02. The number of sulfone groups is 1. The first-order valence-electron chi connectivity index (χ1n) is 4.39. The number of carbonyl (C=O) groups is 1. The quantitative estimate of drug-likeness (QED) is 0.689. The van der Waals surface area contributed by atoms with Crippen LogP contribution >= 0.6 is 0 Å². The van der Waals surface area contributed by atoms with Gasteiger partial charge in [-0.1, -0.05) is 7.43 Å². The van der Waals surface area contributed by atoms with Crippen molar-refractivity contribution in [2.75, 3.05) is 31.6 Å². The molecule has 0 aliphatic carbocycles. The van der Waals surface area contributed by atoms with E-state index in [-0.39, 0.29) is 19.0 Å². The van der Waals surface area contributed by atoms with Gasteiger partial charge in [0, 0.05) is 38.7 Å². The maximum atomic E-state index is 10.9. The molecular weight excluding hydrogens is 202 g/mol. The van der Waals surface area contributed by atoms with Gasteiger partial charge in [-0.2, -0.15) is 0 Å². The van der Waals surface area contributed by atoms with Crippen molar-refractivity contribution in [2.45, 2.75) is 20.3 Å². The van der Waals surface area contributed by atoms with E-state index in [2.05, 4.69) is 0 Å². The molecule has 5 heteroatoms. The minimum atomic E-state index is -2.86. The molecule has 0 amide bonds. The van der Waals surface area contributed by atoms with Gasteiger partial charge in [0.15, 0.2) is 0 Å². The lowest BCUT2D eigenvalue weighted by Crippen LogP contribution is -2.36. The van der Waals surface area contributed by atoms with Crippen LogP contribution in [0.3, 0.4) is 0 Å². The van der Waals surface area contributed by atoms with Gasteiger partial charge in [0.05, 0.1) is 5.75 Å². The van der Waals surface area contributed by atoms with Crippen LogP contribution in [0, 0.1) is 0 Å². The minimum Gasteiger partial charge on any atom is -0.301 e. The molecule has 0 saturated carbocycles. The van der Waals surface area contributed by atoms with Crippen LogP contribution in [0.5, 0.6) is 0 Å². The monoisotopic (exact) mass is 221 g/mol. The van der Waals surface area contributed by atoms with Crippen molar-refractivity contribution in [3.05, 3.63) is 0 Å². The summed E-state index contributed by atoms with van der Waals surface area (Å²) >= 11 is 0. The van der Waals surface area contributed by atoms with Crippen LogP contribution < -0.4 is 0 Å². The molecule has 0 N–H and O–H groups in total. The van der Waals surface area contributed by atoms with Crippen molar-refractivity contribution in [1.82, 2.24) is 4.90 Å². The Morgan fingerprint density at radius 3 is 2.21 bits per heavy atom. The highest BCUT2D eigenvalue weighted by molar-refractivity contribution is 7.90. The first kappa shape index (κ1) is 13.6. The zero-order chi connectivity index (χ0) is 9.90. The van der Waals surface area contributed by atoms with Gasteiger partial charge in [0.2, 0.25) is 0 Å². The summed E-state index contributed by atoms with van der Waals surface area (Å²) in [5.41, 5.74) is 0. The Morgan fingerprint density at radius 2 is 1.79 bits per heavy atom. The van der Waals surface area contributed by atoms with E-state index in [1.54, 1.807) is 0 Å². The third-order valence-electron chi connectivity index (χ3n) is 2.19. The highest BCUT2D eigenvalue weighted by Gasteiger charge is 2.16. The molecule has 0 aromatic carbocycles. The van der Waals surface area contributed by atoms with Crippen molar-refractivity contribution in [3.8, 4) is 0 Å². The Kier molecular flexibility index (Phi) is 5.29. The molecule has 1 aliphatic rings. The average molecular weight is 221 g/mol. The summed E-state index contributed by atoms with van der Waals surface area (Å²) in [4.78, 5) is 12.9. The van der Waals surface area contributed by atoms with Crippen LogP contribution in [0.25, 0.3) is 0 Å². The van der Waals surface area contributed by atoms with Crippen LogP contribution in [0.4, 0.5) is 0 Å². The summed E-state index contributed by atoms with van der Waals surface area (Å²) < 4.78 is 21.7. The topological polar surface area (TPSA) is 54.5 Å². The maximum Gasteiger partial charge on any atom is 0.148 e. The Bertz CT molecular complexity index is 274. The van der Waals surface area contributed by atoms with Gasteiger partial charge in [-0.15, -0.1) is 0 Å². The third kappa shape index (κ3) is 5.34. The Hall–Kier alpha value is -0.420. The van der Waals surface area contributed by atoms with E-state index in [4.69, 9.17) is 0 Å². The summed E-state index contributed by atoms with van der Waals surface area (Å²) in [6, 6.07) is 0. The molecule has 0 atom stereocenters. The smallest absolute Gasteiger partial charge is 0.148 e. The van der Waals surface area contributed by atoms with Crippen LogP contribution in [-0.4, -0.2) is 50.7 Å². The van der Waals surface area contributed by atoms with E-state index >= 15 is 0 Å². The highest BCUT2D eigenvalue weighted by atomic mass is 32.2. The van der Waals surface area contributed by atoms with Gasteiger partial charge in [0.25, 0.3) is 0 Å². The highest BCUT2D eigenvalue weighted by Crippen LogP contribution is 2.05. The van der Waals surface area contributed by atoms with E-state index < -0.39 is 9.84 Å². The van der Waals surface area contributed by atoms with E-state index in [0.29, 0.717) is 32.5 Å². The molecular formula is C9H19NO3S. The number of hydrogen-bond acceptors (Lipinski definition) is 4. The summed E-state index contributed by atoms with van der Waals surface area (Å²) in [5, 5.41) is 0. The van der Waals surface area contributed by atoms with Gasteiger partial charge in [-0.05, 0) is 0 Å². The lowest BCUT2D eigenvalue weighted by atomic mass is 10.1. The number of piperidine rings is 1. The minimum absolute atomic E-state index is 0. The van der Waals surface area contributed by atoms with Gasteiger partial charge in [-0.25, -0.2) is 8.42 Å². The maximum absolute atomic E-state index is 10.9. The molecule has 0 bridgehead atoms. The molecule has 4 nitrogen and oxygen atoms in total. The van der Waals surface area contributed by atoms with Crippen LogP contribution in [0.1, 0.15) is 20.3 Å². The number of ketones is 1. The van der Waals surface area contributed by atoms with Crippen molar-refractivity contribution in [1.29, 1.82) is 0 Å². The first-order valence-corrected chi connectivity index (χ1v) is 6.45. The number of likely N-dealkylation sites (tertiary alicyclic amines) is 1. The fourth-order valence-corrected chi connectivity index (χ4v) is 1.91. The van der Waals surface area contributed by atoms with Gasteiger partial charge in [-0.3, -0.25) is 4.79 Å². The second-order valence-electron chi connectivity index (χ2n) is 3.51. The van der Waals surface area contributed by atoms with Crippen molar-refractivity contribution >= 4 is 15.6 Å². The third-order valence-corrected chi connectivity index (χ3v) is 3.12. The second kappa shape index (κ2) is 5.46. The van der Waals surface area contributed by atoms with Crippen molar-refractivity contribution in [3.63, 3.8) is 0 Å². The molecule has 0 aromatic rings. The summed E-state index contributed by atoms with van der Waals surface area (Å²) in [5.74, 6) is 0.483.